The summed E-state index contributed by atoms with van der Waals surface area (Å²) in [6.45, 7) is 7.88. The molecule has 0 aliphatic carbocycles. The maximum atomic E-state index is 12.1. The highest BCUT2D eigenvalue weighted by molar-refractivity contribution is 5.96. The molecule has 0 saturated carbocycles. The number of piperazine rings is 1. The molecule has 2 N–H and O–H groups in total. The number of carbonyl (C=O) groups is 1. The standard InChI is InChI=1S/C21H27N3O2/c1-17-6-4-7-18(16-17)24-14-12-23(13-15-24)11-5-10-22-21(26)19-8-2-3-9-20(19)25/h2-4,6-9,16,25H,5,10-15H2,1H3,(H,22,26). The van der Waals surface area contributed by atoms with Gasteiger partial charge in [0.15, 0.2) is 0 Å². The van der Waals surface area contributed by atoms with Gasteiger partial charge in [-0.1, -0.05) is 24.3 Å². The summed E-state index contributed by atoms with van der Waals surface area (Å²) in [4.78, 5) is 16.9. The molecule has 5 heteroatoms. The lowest BCUT2D eigenvalue weighted by Gasteiger charge is -2.36. The maximum Gasteiger partial charge on any atom is 0.255 e. The van der Waals surface area contributed by atoms with Crippen LogP contribution in [-0.4, -0.2) is 55.2 Å². The predicted molar refractivity (Wildman–Crippen MR) is 105 cm³/mol. The van der Waals surface area contributed by atoms with Gasteiger partial charge in [-0.15, -0.1) is 0 Å². The van der Waals surface area contributed by atoms with Crippen molar-refractivity contribution in [3.05, 3.63) is 59.7 Å². The largest absolute Gasteiger partial charge is 0.507 e. The molecule has 2 aromatic rings. The van der Waals surface area contributed by atoms with Crippen LogP contribution >= 0.6 is 0 Å². The van der Waals surface area contributed by atoms with E-state index in [0.717, 1.165) is 39.1 Å². The fraction of sp³-hybridized carbons (Fsp3) is 0.381. The molecule has 1 amide bonds. The van der Waals surface area contributed by atoms with Gasteiger partial charge in [0.2, 0.25) is 0 Å². The van der Waals surface area contributed by atoms with Crippen LogP contribution in [0.3, 0.4) is 0 Å². The zero-order chi connectivity index (χ0) is 18.4. The molecular weight excluding hydrogens is 326 g/mol. The van der Waals surface area contributed by atoms with Gasteiger partial charge in [-0.05, 0) is 49.7 Å². The number of phenols is 1. The number of hydrogen-bond donors (Lipinski definition) is 2. The van der Waals surface area contributed by atoms with Crippen LogP contribution in [0, 0.1) is 6.92 Å². The summed E-state index contributed by atoms with van der Waals surface area (Å²) in [5.74, 6) is -0.190. The molecule has 0 bridgehead atoms. The average Bonchev–Trinajstić information content (AvgIpc) is 2.66. The van der Waals surface area contributed by atoms with Crippen molar-refractivity contribution in [3.63, 3.8) is 0 Å². The number of aryl methyl sites for hydroxylation is 1. The summed E-state index contributed by atoms with van der Waals surface area (Å²) in [6.07, 6.45) is 0.907. The highest BCUT2D eigenvalue weighted by Crippen LogP contribution is 2.18. The van der Waals surface area contributed by atoms with Crippen molar-refractivity contribution in [1.29, 1.82) is 0 Å². The van der Waals surface area contributed by atoms with Crippen LogP contribution in [0.15, 0.2) is 48.5 Å². The number of para-hydroxylation sites is 1. The monoisotopic (exact) mass is 353 g/mol. The third-order valence-electron chi connectivity index (χ3n) is 4.82. The van der Waals surface area contributed by atoms with E-state index in [0.29, 0.717) is 12.1 Å². The van der Waals surface area contributed by atoms with E-state index < -0.39 is 0 Å². The van der Waals surface area contributed by atoms with E-state index in [1.54, 1.807) is 18.2 Å². The highest BCUT2D eigenvalue weighted by Gasteiger charge is 2.17. The molecule has 1 fully saturated rings. The first-order valence-corrected chi connectivity index (χ1v) is 9.23. The van der Waals surface area contributed by atoms with Crippen LogP contribution in [0.5, 0.6) is 5.75 Å². The fourth-order valence-electron chi connectivity index (χ4n) is 3.32. The second-order valence-corrected chi connectivity index (χ2v) is 6.79. The smallest absolute Gasteiger partial charge is 0.255 e. The third-order valence-corrected chi connectivity index (χ3v) is 4.82. The van der Waals surface area contributed by atoms with E-state index in [1.807, 2.05) is 0 Å². The van der Waals surface area contributed by atoms with Crippen LogP contribution in [0.25, 0.3) is 0 Å². The SMILES string of the molecule is Cc1cccc(N2CCN(CCCNC(=O)c3ccccc3O)CC2)c1. The lowest BCUT2D eigenvalue weighted by Crippen LogP contribution is -2.47. The van der Waals surface area contributed by atoms with Crippen LogP contribution in [0.1, 0.15) is 22.3 Å². The minimum Gasteiger partial charge on any atom is -0.507 e. The van der Waals surface area contributed by atoms with Gasteiger partial charge in [0, 0.05) is 38.4 Å². The Morgan fingerprint density at radius 2 is 1.85 bits per heavy atom. The lowest BCUT2D eigenvalue weighted by molar-refractivity contribution is 0.0949. The van der Waals surface area contributed by atoms with Gasteiger partial charge in [-0.2, -0.15) is 0 Å². The van der Waals surface area contributed by atoms with Crippen molar-refractivity contribution >= 4 is 11.6 Å². The summed E-state index contributed by atoms with van der Waals surface area (Å²) >= 11 is 0. The van der Waals surface area contributed by atoms with Gasteiger partial charge in [-0.25, -0.2) is 0 Å². The van der Waals surface area contributed by atoms with E-state index in [-0.39, 0.29) is 11.7 Å². The Morgan fingerprint density at radius 1 is 1.08 bits per heavy atom. The Balaban J connectivity index is 1.37. The Hall–Kier alpha value is -2.53. The van der Waals surface area contributed by atoms with Crippen molar-refractivity contribution in [2.75, 3.05) is 44.2 Å². The summed E-state index contributed by atoms with van der Waals surface area (Å²) in [5.41, 5.74) is 2.93. The van der Waals surface area contributed by atoms with E-state index >= 15 is 0 Å². The van der Waals surface area contributed by atoms with Crippen LogP contribution in [-0.2, 0) is 0 Å². The second-order valence-electron chi connectivity index (χ2n) is 6.79. The van der Waals surface area contributed by atoms with Crippen molar-refractivity contribution < 1.29 is 9.90 Å². The number of aromatic hydroxyl groups is 1. The Kier molecular flexibility index (Phi) is 6.12. The Bertz CT molecular complexity index is 740. The number of nitrogens with zero attached hydrogens (tertiary/aromatic N) is 2. The molecule has 1 heterocycles. The molecule has 0 atom stereocenters. The van der Waals surface area contributed by atoms with Crippen molar-refractivity contribution in [3.8, 4) is 5.75 Å². The molecule has 26 heavy (non-hydrogen) atoms. The number of carbonyl (C=O) groups excluding carboxylic acids is 1. The number of rotatable bonds is 6. The summed E-state index contributed by atoms with van der Waals surface area (Å²) < 4.78 is 0. The first-order chi connectivity index (χ1) is 12.6. The molecule has 1 aliphatic heterocycles. The first-order valence-electron chi connectivity index (χ1n) is 9.23. The van der Waals surface area contributed by atoms with Gasteiger partial charge in [0.05, 0.1) is 5.56 Å². The molecule has 138 valence electrons. The number of hydrogen-bond acceptors (Lipinski definition) is 4. The molecule has 0 radical (unpaired) electrons. The van der Waals surface area contributed by atoms with E-state index in [9.17, 15) is 9.90 Å². The van der Waals surface area contributed by atoms with Crippen LogP contribution in [0.2, 0.25) is 0 Å². The maximum absolute atomic E-state index is 12.1. The number of nitrogens with one attached hydrogen (secondary N) is 1. The van der Waals surface area contributed by atoms with Crippen molar-refractivity contribution in [1.82, 2.24) is 10.2 Å². The highest BCUT2D eigenvalue weighted by atomic mass is 16.3. The van der Waals surface area contributed by atoms with Gasteiger partial charge >= 0.3 is 0 Å². The topological polar surface area (TPSA) is 55.8 Å². The molecule has 1 aliphatic rings. The first kappa shape index (κ1) is 18.3. The molecule has 1 saturated heterocycles. The van der Waals surface area contributed by atoms with E-state index in [2.05, 4.69) is 46.3 Å². The average molecular weight is 353 g/mol. The Labute approximate surface area is 155 Å². The molecule has 0 aromatic heterocycles. The normalized spacial score (nSPS) is 15.0. The van der Waals surface area contributed by atoms with Gasteiger partial charge in [0.1, 0.15) is 5.75 Å². The minimum atomic E-state index is -0.215. The summed E-state index contributed by atoms with van der Waals surface area (Å²) in [6, 6.07) is 15.3. The number of benzene rings is 2. The quantitative estimate of drug-likeness (QED) is 0.784. The van der Waals surface area contributed by atoms with Crippen LogP contribution < -0.4 is 10.2 Å². The fourth-order valence-corrected chi connectivity index (χ4v) is 3.32. The molecule has 0 unspecified atom stereocenters. The van der Waals surface area contributed by atoms with E-state index in [1.165, 1.54) is 17.3 Å². The summed E-state index contributed by atoms with van der Waals surface area (Å²) in [7, 11) is 0. The van der Waals surface area contributed by atoms with Gasteiger partial charge in [-0.3, -0.25) is 9.69 Å². The van der Waals surface area contributed by atoms with Gasteiger partial charge in [0.25, 0.3) is 5.91 Å². The van der Waals surface area contributed by atoms with Crippen LogP contribution in [0.4, 0.5) is 5.69 Å². The number of amides is 1. The zero-order valence-electron chi connectivity index (χ0n) is 15.3. The lowest BCUT2D eigenvalue weighted by atomic mass is 10.2. The summed E-state index contributed by atoms with van der Waals surface area (Å²) in [5, 5.41) is 12.6. The third kappa shape index (κ3) is 4.76. The van der Waals surface area contributed by atoms with E-state index in [4.69, 9.17) is 0 Å². The molecule has 2 aromatic carbocycles. The van der Waals surface area contributed by atoms with Crippen molar-refractivity contribution in [2.24, 2.45) is 0 Å². The molecule has 0 spiro atoms. The zero-order valence-corrected chi connectivity index (χ0v) is 15.3. The second kappa shape index (κ2) is 8.72. The molecular formula is C21H27N3O2. The minimum absolute atomic E-state index is 0.0253. The molecule has 5 nitrogen and oxygen atoms in total. The van der Waals surface area contributed by atoms with Crippen molar-refractivity contribution in [2.45, 2.75) is 13.3 Å². The predicted octanol–water partition coefficient (Wildman–Crippen LogP) is 2.64. The number of anilines is 1. The molecule has 3 rings (SSSR count). The number of phenolic OH excluding ortho intramolecular Hbond substituents is 1. The Morgan fingerprint density at radius 3 is 2.58 bits per heavy atom. The van der Waals surface area contributed by atoms with Gasteiger partial charge < -0.3 is 15.3 Å².